The molecular weight excluding hydrogens is 138 g/mol. The molecule has 2 heteroatoms. The fourth-order valence-corrected chi connectivity index (χ4v) is 0.877. The highest BCUT2D eigenvalue weighted by Crippen LogP contribution is 1.97. The van der Waals surface area contributed by atoms with E-state index in [1.165, 1.54) is 0 Å². The van der Waals surface area contributed by atoms with Crippen LogP contribution in [0.15, 0.2) is 12.7 Å². The Morgan fingerprint density at radius 1 is 1.64 bits per heavy atom. The van der Waals surface area contributed by atoms with Gasteiger partial charge in [-0.1, -0.05) is 25.8 Å². The molecule has 0 bridgehead atoms. The van der Waals surface area contributed by atoms with E-state index in [0.29, 0.717) is 6.54 Å². The van der Waals surface area contributed by atoms with Crippen LogP contribution >= 0.6 is 0 Å². The Kier molecular flexibility index (Phi) is 7.05. The predicted molar refractivity (Wildman–Crippen MR) is 47.6 cm³/mol. The van der Waals surface area contributed by atoms with Gasteiger partial charge >= 0.3 is 0 Å². The molecule has 0 aromatic heterocycles. The number of aldehydes is 1. The van der Waals surface area contributed by atoms with Crippen LogP contribution in [0, 0.1) is 0 Å². The molecule has 0 amide bonds. The summed E-state index contributed by atoms with van der Waals surface area (Å²) in [5.41, 5.74) is 0. The minimum atomic E-state index is 0.0212. The van der Waals surface area contributed by atoms with E-state index in [1.807, 2.05) is 0 Å². The van der Waals surface area contributed by atoms with Crippen molar-refractivity contribution in [3.8, 4) is 0 Å². The number of unbranched alkanes of at least 4 members (excludes halogenated alkanes) is 1. The van der Waals surface area contributed by atoms with E-state index in [9.17, 15) is 4.79 Å². The highest BCUT2D eigenvalue weighted by molar-refractivity contribution is 5.57. The summed E-state index contributed by atoms with van der Waals surface area (Å²) < 4.78 is 0. The molecule has 0 heterocycles. The van der Waals surface area contributed by atoms with Crippen molar-refractivity contribution < 1.29 is 4.79 Å². The Morgan fingerprint density at radius 2 is 2.36 bits per heavy atom. The quantitative estimate of drug-likeness (QED) is 0.446. The van der Waals surface area contributed by atoms with Crippen LogP contribution in [0.25, 0.3) is 0 Å². The van der Waals surface area contributed by atoms with Crippen LogP contribution in [0.4, 0.5) is 0 Å². The summed E-state index contributed by atoms with van der Waals surface area (Å²) in [4.78, 5) is 10.4. The minimum absolute atomic E-state index is 0.0212. The SMILES string of the molecule is C=CCNC(C=O)CCCC. The van der Waals surface area contributed by atoms with Crippen molar-refractivity contribution in [2.75, 3.05) is 6.54 Å². The second-order valence-electron chi connectivity index (χ2n) is 2.58. The average Bonchev–Trinajstić information content (AvgIpc) is 2.05. The molecule has 0 aromatic carbocycles. The molecular formula is C9H17NO. The third-order valence-electron chi connectivity index (χ3n) is 1.56. The van der Waals surface area contributed by atoms with Crippen LogP contribution in [-0.4, -0.2) is 18.9 Å². The van der Waals surface area contributed by atoms with Gasteiger partial charge in [0, 0.05) is 6.54 Å². The van der Waals surface area contributed by atoms with Crippen molar-refractivity contribution in [3.05, 3.63) is 12.7 Å². The highest BCUT2D eigenvalue weighted by atomic mass is 16.1. The largest absolute Gasteiger partial charge is 0.304 e. The zero-order chi connectivity index (χ0) is 8.53. The Bertz CT molecular complexity index is 112. The van der Waals surface area contributed by atoms with Crippen molar-refractivity contribution in [2.45, 2.75) is 32.2 Å². The molecule has 1 N–H and O–H groups in total. The van der Waals surface area contributed by atoms with Gasteiger partial charge in [-0.05, 0) is 6.42 Å². The van der Waals surface area contributed by atoms with Gasteiger partial charge in [0.15, 0.2) is 0 Å². The lowest BCUT2D eigenvalue weighted by atomic mass is 10.1. The van der Waals surface area contributed by atoms with Crippen LogP contribution in [0.2, 0.25) is 0 Å². The van der Waals surface area contributed by atoms with Crippen LogP contribution in [0.5, 0.6) is 0 Å². The summed E-state index contributed by atoms with van der Waals surface area (Å²) in [7, 11) is 0. The lowest BCUT2D eigenvalue weighted by molar-refractivity contribution is -0.109. The van der Waals surface area contributed by atoms with Crippen LogP contribution in [0.1, 0.15) is 26.2 Å². The minimum Gasteiger partial charge on any atom is -0.304 e. The molecule has 1 atom stereocenters. The fraction of sp³-hybridized carbons (Fsp3) is 0.667. The van der Waals surface area contributed by atoms with E-state index in [-0.39, 0.29) is 6.04 Å². The molecule has 2 nitrogen and oxygen atoms in total. The molecule has 0 aromatic rings. The second-order valence-corrected chi connectivity index (χ2v) is 2.58. The molecule has 0 aliphatic carbocycles. The molecule has 0 aliphatic heterocycles. The van der Waals surface area contributed by atoms with Gasteiger partial charge in [0.2, 0.25) is 0 Å². The smallest absolute Gasteiger partial charge is 0.136 e. The summed E-state index contributed by atoms with van der Waals surface area (Å²) in [6.07, 6.45) is 5.92. The van der Waals surface area contributed by atoms with Crippen molar-refractivity contribution in [2.24, 2.45) is 0 Å². The lowest BCUT2D eigenvalue weighted by Crippen LogP contribution is -2.30. The first-order valence-electron chi connectivity index (χ1n) is 4.14. The lowest BCUT2D eigenvalue weighted by Gasteiger charge is -2.09. The van der Waals surface area contributed by atoms with E-state index < -0.39 is 0 Å². The monoisotopic (exact) mass is 155 g/mol. The standard InChI is InChI=1S/C9H17NO/c1-3-5-6-9(8-11)10-7-4-2/h4,8-10H,2-3,5-7H2,1H3. The Labute approximate surface area is 68.7 Å². The Hall–Kier alpha value is -0.630. The van der Waals surface area contributed by atoms with Gasteiger partial charge in [0.1, 0.15) is 6.29 Å². The van der Waals surface area contributed by atoms with E-state index >= 15 is 0 Å². The molecule has 0 radical (unpaired) electrons. The predicted octanol–water partition coefficient (Wildman–Crippen LogP) is 1.52. The first kappa shape index (κ1) is 10.4. The third-order valence-corrected chi connectivity index (χ3v) is 1.56. The normalized spacial score (nSPS) is 12.5. The van der Waals surface area contributed by atoms with E-state index in [4.69, 9.17) is 0 Å². The topological polar surface area (TPSA) is 29.1 Å². The van der Waals surface area contributed by atoms with Gasteiger partial charge in [0.25, 0.3) is 0 Å². The molecule has 1 unspecified atom stereocenters. The van der Waals surface area contributed by atoms with E-state index in [1.54, 1.807) is 6.08 Å². The Balaban J connectivity index is 3.40. The van der Waals surface area contributed by atoms with Gasteiger partial charge < -0.3 is 10.1 Å². The average molecular weight is 155 g/mol. The molecule has 0 saturated carbocycles. The summed E-state index contributed by atoms with van der Waals surface area (Å²) in [5, 5.41) is 3.07. The number of nitrogens with one attached hydrogen (secondary N) is 1. The molecule has 11 heavy (non-hydrogen) atoms. The van der Waals surface area contributed by atoms with Crippen molar-refractivity contribution in [1.29, 1.82) is 0 Å². The van der Waals surface area contributed by atoms with Crippen molar-refractivity contribution in [1.82, 2.24) is 5.32 Å². The maximum atomic E-state index is 10.4. The van der Waals surface area contributed by atoms with Gasteiger partial charge in [-0.2, -0.15) is 0 Å². The molecule has 0 aliphatic rings. The number of carbonyl (C=O) groups excluding carboxylic acids is 1. The van der Waals surface area contributed by atoms with Crippen molar-refractivity contribution in [3.63, 3.8) is 0 Å². The molecule has 0 saturated heterocycles. The van der Waals surface area contributed by atoms with Gasteiger partial charge in [-0.15, -0.1) is 6.58 Å². The number of carbonyl (C=O) groups is 1. The molecule has 64 valence electrons. The zero-order valence-electron chi connectivity index (χ0n) is 7.18. The van der Waals surface area contributed by atoms with Crippen LogP contribution in [0.3, 0.4) is 0 Å². The first-order chi connectivity index (χ1) is 5.35. The number of rotatable bonds is 7. The van der Waals surface area contributed by atoms with Gasteiger partial charge in [-0.25, -0.2) is 0 Å². The summed E-state index contributed by atoms with van der Waals surface area (Å²) in [5.74, 6) is 0. The third kappa shape index (κ3) is 5.80. The summed E-state index contributed by atoms with van der Waals surface area (Å²) in [6, 6.07) is 0.0212. The van der Waals surface area contributed by atoms with E-state index in [0.717, 1.165) is 25.5 Å². The molecule has 0 rings (SSSR count). The number of hydrogen-bond acceptors (Lipinski definition) is 2. The zero-order valence-corrected chi connectivity index (χ0v) is 7.18. The fourth-order valence-electron chi connectivity index (χ4n) is 0.877. The Morgan fingerprint density at radius 3 is 2.82 bits per heavy atom. The summed E-state index contributed by atoms with van der Waals surface area (Å²) >= 11 is 0. The van der Waals surface area contributed by atoms with Crippen LogP contribution in [-0.2, 0) is 4.79 Å². The first-order valence-corrected chi connectivity index (χ1v) is 4.14. The van der Waals surface area contributed by atoms with E-state index in [2.05, 4.69) is 18.8 Å². The van der Waals surface area contributed by atoms with Gasteiger partial charge in [0.05, 0.1) is 6.04 Å². The maximum Gasteiger partial charge on any atom is 0.136 e. The molecule has 0 fully saturated rings. The molecule has 0 spiro atoms. The number of hydrogen-bond donors (Lipinski definition) is 1. The van der Waals surface area contributed by atoms with Gasteiger partial charge in [-0.3, -0.25) is 0 Å². The maximum absolute atomic E-state index is 10.4. The van der Waals surface area contributed by atoms with Crippen molar-refractivity contribution >= 4 is 6.29 Å². The second kappa shape index (κ2) is 7.48. The van der Waals surface area contributed by atoms with Crippen LogP contribution < -0.4 is 5.32 Å². The summed E-state index contributed by atoms with van der Waals surface area (Å²) in [6.45, 7) is 6.40. The highest BCUT2D eigenvalue weighted by Gasteiger charge is 2.02.